The number of esters is 1. The SMILES string of the molecule is CCN(C(=O)CCC/C=C\C[C@H]1[C@@H](CC(C)=O)C[C@@H](OC(C)=O)[C@@H]1/C=C/[C@@H](O)CCc1ccccc1)[C@H]1C[C@H](C)S(=O)(=O)c2sc(S(N)(=O)=O)cc21. The molecule has 11 nitrogen and oxygen atoms in total. The van der Waals surface area contributed by atoms with E-state index in [0.29, 0.717) is 62.0 Å². The lowest BCUT2D eigenvalue weighted by Crippen LogP contribution is -2.40. The van der Waals surface area contributed by atoms with Gasteiger partial charge >= 0.3 is 5.97 Å². The van der Waals surface area contributed by atoms with Crippen molar-refractivity contribution in [1.82, 2.24) is 4.90 Å². The molecule has 2 heterocycles. The summed E-state index contributed by atoms with van der Waals surface area (Å²) in [5.41, 5.74) is 1.44. The van der Waals surface area contributed by atoms with Crippen molar-refractivity contribution in [2.24, 2.45) is 22.9 Å². The largest absolute Gasteiger partial charge is 0.462 e. The summed E-state index contributed by atoms with van der Waals surface area (Å²) in [6, 6.07) is 10.6. The molecule has 286 valence electrons. The van der Waals surface area contributed by atoms with Crippen LogP contribution < -0.4 is 5.14 Å². The number of Topliss-reactive ketones (excluding diaryl/α,β-unsaturated/α-hetero) is 1. The zero-order valence-electron chi connectivity index (χ0n) is 30.3. The lowest BCUT2D eigenvalue weighted by atomic mass is 9.83. The number of carbonyl (C=O) groups excluding carboxylic acids is 3. The van der Waals surface area contributed by atoms with Gasteiger partial charge in [0.25, 0.3) is 0 Å². The monoisotopic (exact) mass is 776 g/mol. The number of sulfone groups is 1. The summed E-state index contributed by atoms with van der Waals surface area (Å²) in [5.74, 6) is -0.651. The number of aryl methyl sites for hydroxylation is 1. The molecular weight excluding hydrogens is 725 g/mol. The number of unbranched alkanes of at least 4 members (excludes halogenated alkanes) is 1. The highest BCUT2D eigenvalue weighted by molar-refractivity contribution is 7.95. The number of nitrogens with two attached hydrogens (primary N) is 1. The number of aliphatic hydroxyl groups is 1. The van der Waals surface area contributed by atoms with Crippen LogP contribution in [-0.2, 0) is 45.4 Å². The van der Waals surface area contributed by atoms with Crippen LogP contribution >= 0.6 is 11.3 Å². The number of primary sulfonamides is 1. The summed E-state index contributed by atoms with van der Waals surface area (Å²) >= 11 is 0.637. The molecule has 2 aliphatic rings. The standard InChI is InChI=1S/C38H52N2O9S3/c1-5-40(34-22-26(3)51(45,46)38-33(34)24-37(50-38)52(39,47)48)36(44)16-12-7-6-11-15-31-29(21-25(2)41)23-35(49-27(4)42)32(31)20-19-30(43)18-17-28-13-9-8-10-14-28/h6,8-11,13-14,19-20,24,26,29-32,34-35,43H,5,7,12,15-18,21-23H2,1-4H3,(H2,39,47,48)/b11-6-,20-19+/t26-,29-,30-,31-,32+,34-,35+/m0/s1. The topological polar surface area (TPSA) is 178 Å². The lowest BCUT2D eigenvalue weighted by molar-refractivity contribution is -0.147. The Labute approximate surface area is 312 Å². The van der Waals surface area contributed by atoms with E-state index in [1.165, 1.54) is 13.0 Å². The van der Waals surface area contributed by atoms with Crippen LogP contribution in [0, 0.1) is 17.8 Å². The molecule has 52 heavy (non-hydrogen) atoms. The second kappa shape index (κ2) is 18.2. The number of allylic oxidation sites excluding steroid dienone is 2. The first-order chi connectivity index (χ1) is 24.5. The van der Waals surface area contributed by atoms with Crippen LogP contribution in [0.2, 0.25) is 0 Å². The van der Waals surface area contributed by atoms with Crippen LogP contribution in [0.3, 0.4) is 0 Å². The van der Waals surface area contributed by atoms with Gasteiger partial charge in [-0.1, -0.05) is 54.6 Å². The third kappa shape index (κ3) is 10.7. The Hall–Kier alpha value is -3.17. The van der Waals surface area contributed by atoms with Gasteiger partial charge in [-0.25, -0.2) is 22.0 Å². The van der Waals surface area contributed by atoms with Crippen molar-refractivity contribution < 1.29 is 41.1 Å². The van der Waals surface area contributed by atoms with Crippen LogP contribution in [0.5, 0.6) is 0 Å². The number of fused-ring (bicyclic) bond motifs is 1. The number of thiophene rings is 1. The number of sulfonamides is 1. The van der Waals surface area contributed by atoms with Gasteiger partial charge in [0.15, 0.2) is 9.84 Å². The Balaban J connectivity index is 1.40. The number of ketones is 1. The van der Waals surface area contributed by atoms with Crippen molar-refractivity contribution in [2.75, 3.05) is 6.54 Å². The minimum Gasteiger partial charge on any atom is -0.462 e. The third-order valence-electron chi connectivity index (χ3n) is 10.1. The normalized spacial score (nSPS) is 24.9. The second-order valence-corrected chi connectivity index (χ2v) is 19.4. The smallest absolute Gasteiger partial charge is 0.302 e. The Morgan fingerprint density at radius 2 is 1.85 bits per heavy atom. The van der Waals surface area contributed by atoms with Crippen LogP contribution in [0.25, 0.3) is 0 Å². The summed E-state index contributed by atoms with van der Waals surface area (Å²) in [5, 5.41) is 15.3. The minimum atomic E-state index is -4.12. The Bertz CT molecular complexity index is 1840. The molecule has 0 saturated heterocycles. The zero-order chi connectivity index (χ0) is 38.2. The molecule has 2 aromatic rings. The van der Waals surface area contributed by atoms with Crippen molar-refractivity contribution >= 4 is 48.9 Å². The number of benzene rings is 1. The number of carbonyl (C=O) groups is 3. The van der Waals surface area contributed by atoms with Gasteiger partial charge in [0, 0.05) is 37.8 Å². The molecule has 0 bridgehead atoms. The molecule has 0 radical (unpaired) electrons. The van der Waals surface area contributed by atoms with Crippen molar-refractivity contribution in [3.63, 3.8) is 0 Å². The molecule has 14 heteroatoms. The number of aliphatic hydroxyl groups excluding tert-OH is 1. The zero-order valence-corrected chi connectivity index (χ0v) is 32.8. The van der Waals surface area contributed by atoms with Gasteiger partial charge in [-0.2, -0.15) is 0 Å². The molecule has 1 aromatic carbocycles. The van der Waals surface area contributed by atoms with E-state index in [-0.39, 0.29) is 56.7 Å². The number of hydrogen-bond donors (Lipinski definition) is 2. The van der Waals surface area contributed by atoms with Crippen molar-refractivity contribution in [1.29, 1.82) is 0 Å². The Kier molecular flexibility index (Phi) is 14.6. The molecule has 1 aliphatic carbocycles. The lowest BCUT2D eigenvalue weighted by Gasteiger charge is -2.36. The van der Waals surface area contributed by atoms with Crippen molar-refractivity contribution in [3.05, 3.63) is 71.8 Å². The van der Waals surface area contributed by atoms with Crippen LogP contribution in [0.15, 0.2) is 69.1 Å². The molecule has 1 fully saturated rings. The van der Waals surface area contributed by atoms with Crippen molar-refractivity contribution in [2.45, 2.75) is 117 Å². The molecule has 0 unspecified atom stereocenters. The molecule has 3 N–H and O–H groups in total. The molecule has 1 aromatic heterocycles. The van der Waals surface area contributed by atoms with Gasteiger partial charge in [-0.15, -0.1) is 11.3 Å². The van der Waals surface area contributed by atoms with Crippen molar-refractivity contribution in [3.8, 4) is 0 Å². The summed E-state index contributed by atoms with van der Waals surface area (Å²) in [4.78, 5) is 39.3. The molecule has 1 amide bonds. The predicted molar refractivity (Wildman–Crippen MR) is 201 cm³/mol. The average Bonchev–Trinajstić information content (AvgIpc) is 3.66. The maximum absolute atomic E-state index is 13.5. The van der Waals surface area contributed by atoms with Crippen LogP contribution in [0.4, 0.5) is 0 Å². The number of ether oxygens (including phenoxy) is 1. The van der Waals surface area contributed by atoms with Crippen LogP contribution in [-0.4, -0.2) is 68.5 Å². The highest BCUT2D eigenvalue weighted by Crippen LogP contribution is 2.46. The fourth-order valence-electron chi connectivity index (χ4n) is 7.56. The average molecular weight is 777 g/mol. The van der Waals surface area contributed by atoms with Gasteiger partial charge in [0.2, 0.25) is 15.9 Å². The van der Waals surface area contributed by atoms with Gasteiger partial charge < -0.3 is 19.5 Å². The summed E-state index contributed by atoms with van der Waals surface area (Å²) in [6.45, 7) is 6.64. The first kappa shape index (κ1) is 41.6. The fourth-order valence-corrected chi connectivity index (χ4v) is 12.0. The number of hydrogen-bond acceptors (Lipinski definition) is 10. The van der Waals surface area contributed by atoms with E-state index in [0.717, 1.165) is 12.0 Å². The molecule has 4 rings (SSSR count). The van der Waals surface area contributed by atoms with E-state index in [4.69, 9.17) is 9.88 Å². The quantitative estimate of drug-likeness (QED) is 0.116. The first-order valence-electron chi connectivity index (χ1n) is 17.9. The van der Waals surface area contributed by atoms with E-state index in [9.17, 15) is 36.3 Å². The highest BCUT2D eigenvalue weighted by Gasteiger charge is 2.44. The maximum Gasteiger partial charge on any atom is 0.302 e. The van der Waals surface area contributed by atoms with E-state index in [1.807, 2.05) is 55.5 Å². The van der Waals surface area contributed by atoms with Gasteiger partial charge in [-0.3, -0.25) is 9.59 Å². The van der Waals surface area contributed by atoms with E-state index >= 15 is 0 Å². The molecule has 1 aliphatic heterocycles. The van der Waals surface area contributed by atoms with E-state index in [1.54, 1.807) is 24.8 Å². The number of rotatable bonds is 17. The Morgan fingerprint density at radius 1 is 1.13 bits per heavy atom. The number of amides is 1. The number of nitrogens with zero attached hydrogens (tertiary/aromatic N) is 1. The van der Waals surface area contributed by atoms with Gasteiger partial charge in [0.1, 0.15) is 20.3 Å². The first-order valence-corrected chi connectivity index (χ1v) is 21.9. The van der Waals surface area contributed by atoms with Gasteiger partial charge in [0.05, 0.1) is 17.4 Å². The van der Waals surface area contributed by atoms with E-state index in [2.05, 4.69) is 0 Å². The summed E-state index contributed by atoms with van der Waals surface area (Å²) < 4.78 is 55.7. The molecule has 0 spiro atoms. The summed E-state index contributed by atoms with van der Waals surface area (Å²) in [6.07, 6.45) is 11.0. The highest BCUT2D eigenvalue weighted by atomic mass is 32.3. The van der Waals surface area contributed by atoms with Crippen LogP contribution in [0.1, 0.15) is 96.2 Å². The maximum atomic E-state index is 13.5. The summed E-state index contributed by atoms with van der Waals surface area (Å²) in [7, 11) is -7.87. The Morgan fingerprint density at radius 3 is 2.48 bits per heavy atom. The third-order valence-corrected chi connectivity index (χ3v) is 15.4. The molecule has 7 atom stereocenters. The molecule has 1 saturated carbocycles. The minimum absolute atomic E-state index is 0.000714. The predicted octanol–water partition coefficient (Wildman–Crippen LogP) is 5.68. The fraction of sp³-hybridized carbons (Fsp3) is 0.553. The second-order valence-electron chi connectivity index (χ2n) is 14.0. The van der Waals surface area contributed by atoms with Gasteiger partial charge in [-0.05, 0) is 89.2 Å². The molecular formula is C38H52N2O9S3. The van der Waals surface area contributed by atoms with E-state index < -0.39 is 43.4 Å².